The van der Waals surface area contributed by atoms with Crippen LogP contribution in [0.3, 0.4) is 0 Å². The number of fused-ring (bicyclic) bond motifs is 1. The SMILES string of the molecule is CC(Oc1ccc2ccccc2c1)C(=O)N/N=C/Cc1ccccc1. The zero-order chi connectivity index (χ0) is 17.5. The highest BCUT2D eigenvalue weighted by molar-refractivity contribution is 5.84. The summed E-state index contributed by atoms with van der Waals surface area (Å²) in [5.41, 5.74) is 3.66. The number of carbonyl (C=O) groups is 1. The molecule has 0 aliphatic carbocycles. The molecular formula is C21H20N2O2. The van der Waals surface area contributed by atoms with E-state index in [1.807, 2.05) is 72.8 Å². The molecule has 1 atom stereocenters. The normalized spacial score (nSPS) is 12.2. The lowest BCUT2D eigenvalue weighted by atomic mass is 10.1. The summed E-state index contributed by atoms with van der Waals surface area (Å²) in [6.07, 6.45) is 1.71. The van der Waals surface area contributed by atoms with Crippen LogP contribution in [0.5, 0.6) is 5.75 Å². The maximum atomic E-state index is 12.1. The van der Waals surface area contributed by atoms with Crippen LogP contribution in [0, 0.1) is 0 Å². The van der Waals surface area contributed by atoms with Crippen molar-refractivity contribution in [2.24, 2.45) is 5.10 Å². The molecule has 0 aliphatic rings. The summed E-state index contributed by atoms with van der Waals surface area (Å²) in [6, 6.07) is 23.7. The molecule has 126 valence electrons. The van der Waals surface area contributed by atoms with E-state index in [9.17, 15) is 4.79 Å². The Morgan fingerprint density at radius 2 is 1.76 bits per heavy atom. The summed E-state index contributed by atoms with van der Waals surface area (Å²) >= 11 is 0. The third kappa shape index (κ3) is 4.67. The Kier molecular flexibility index (Phi) is 5.42. The molecule has 0 aliphatic heterocycles. The minimum absolute atomic E-state index is 0.280. The highest BCUT2D eigenvalue weighted by Gasteiger charge is 2.13. The summed E-state index contributed by atoms with van der Waals surface area (Å²) in [4.78, 5) is 12.1. The minimum atomic E-state index is -0.630. The smallest absolute Gasteiger partial charge is 0.280 e. The van der Waals surface area contributed by atoms with Crippen molar-refractivity contribution in [3.8, 4) is 5.75 Å². The van der Waals surface area contributed by atoms with Crippen molar-refractivity contribution < 1.29 is 9.53 Å². The Hall–Kier alpha value is -3.14. The number of benzene rings is 3. The number of ether oxygens (including phenoxy) is 1. The molecule has 0 spiro atoms. The van der Waals surface area contributed by atoms with Crippen LogP contribution < -0.4 is 10.2 Å². The first-order valence-electron chi connectivity index (χ1n) is 8.23. The highest BCUT2D eigenvalue weighted by Crippen LogP contribution is 2.21. The first-order chi connectivity index (χ1) is 12.2. The van der Waals surface area contributed by atoms with Crippen molar-refractivity contribution in [1.29, 1.82) is 0 Å². The Balaban J connectivity index is 1.53. The Morgan fingerprint density at radius 3 is 2.56 bits per heavy atom. The molecule has 0 aromatic heterocycles. The van der Waals surface area contributed by atoms with Crippen molar-refractivity contribution in [2.75, 3.05) is 0 Å². The molecule has 25 heavy (non-hydrogen) atoms. The van der Waals surface area contributed by atoms with Crippen LogP contribution in [-0.4, -0.2) is 18.2 Å². The van der Waals surface area contributed by atoms with E-state index >= 15 is 0 Å². The fraction of sp³-hybridized carbons (Fsp3) is 0.143. The van der Waals surface area contributed by atoms with Gasteiger partial charge in [-0.3, -0.25) is 4.79 Å². The number of amides is 1. The topological polar surface area (TPSA) is 50.7 Å². The molecule has 0 fully saturated rings. The summed E-state index contributed by atoms with van der Waals surface area (Å²) in [7, 11) is 0. The monoisotopic (exact) mass is 332 g/mol. The van der Waals surface area contributed by atoms with Crippen molar-refractivity contribution in [2.45, 2.75) is 19.4 Å². The average Bonchev–Trinajstić information content (AvgIpc) is 2.65. The van der Waals surface area contributed by atoms with Gasteiger partial charge in [-0.25, -0.2) is 5.43 Å². The predicted octanol–water partition coefficient (Wildman–Crippen LogP) is 3.95. The van der Waals surface area contributed by atoms with E-state index in [1.54, 1.807) is 13.1 Å². The van der Waals surface area contributed by atoms with Gasteiger partial charge in [-0.2, -0.15) is 5.10 Å². The molecule has 0 saturated heterocycles. The van der Waals surface area contributed by atoms with Gasteiger partial charge in [0, 0.05) is 12.6 Å². The van der Waals surface area contributed by atoms with Crippen molar-refractivity contribution in [3.05, 3.63) is 78.4 Å². The van der Waals surface area contributed by atoms with E-state index in [0.717, 1.165) is 16.3 Å². The molecule has 0 radical (unpaired) electrons. The fourth-order valence-electron chi connectivity index (χ4n) is 2.46. The Labute approximate surface area is 147 Å². The molecule has 3 aromatic carbocycles. The second-order valence-corrected chi connectivity index (χ2v) is 5.75. The molecule has 4 heteroatoms. The van der Waals surface area contributed by atoms with Crippen LogP contribution in [0.4, 0.5) is 0 Å². The summed E-state index contributed by atoms with van der Waals surface area (Å²) < 4.78 is 5.71. The lowest BCUT2D eigenvalue weighted by molar-refractivity contribution is -0.127. The Morgan fingerprint density at radius 1 is 1.04 bits per heavy atom. The van der Waals surface area contributed by atoms with Gasteiger partial charge >= 0.3 is 0 Å². The molecule has 1 amide bonds. The molecule has 1 N–H and O–H groups in total. The third-order valence-electron chi connectivity index (χ3n) is 3.84. The van der Waals surface area contributed by atoms with Gasteiger partial charge in [-0.1, -0.05) is 60.7 Å². The Bertz CT molecular complexity index is 875. The van der Waals surface area contributed by atoms with E-state index in [1.165, 1.54) is 0 Å². The van der Waals surface area contributed by atoms with E-state index in [0.29, 0.717) is 12.2 Å². The van der Waals surface area contributed by atoms with Crippen molar-refractivity contribution in [3.63, 3.8) is 0 Å². The van der Waals surface area contributed by atoms with Gasteiger partial charge in [0.05, 0.1) is 0 Å². The first-order valence-corrected chi connectivity index (χ1v) is 8.23. The number of rotatable bonds is 6. The molecule has 0 bridgehead atoms. The van der Waals surface area contributed by atoms with Gasteiger partial charge in [0.25, 0.3) is 5.91 Å². The lowest BCUT2D eigenvalue weighted by Gasteiger charge is -2.13. The highest BCUT2D eigenvalue weighted by atomic mass is 16.5. The van der Waals surface area contributed by atoms with Crippen LogP contribution in [0.2, 0.25) is 0 Å². The number of hydrogen-bond acceptors (Lipinski definition) is 3. The van der Waals surface area contributed by atoms with Crippen LogP contribution >= 0.6 is 0 Å². The number of carbonyl (C=O) groups excluding carboxylic acids is 1. The van der Waals surface area contributed by atoms with Gasteiger partial charge < -0.3 is 4.74 Å². The summed E-state index contributed by atoms with van der Waals surface area (Å²) in [5.74, 6) is 0.382. The minimum Gasteiger partial charge on any atom is -0.481 e. The number of hydrogen-bond donors (Lipinski definition) is 1. The molecular weight excluding hydrogens is 312 g/mol. The zero-order valence-corrected chi connectivity index (χ0v) is 14.1. The van der Waals surface area contributed by atoms with E-state index in [-0.39, 0.29) is 5.91 Å². The second kappa shape index (κ2) is 8.11. The van der Waals surface area contributed by atoms with Gasteiger partial charge in [0.2, 0.25) is 0 Å². The van der Waals surface area contributed by atoms with Gasteiger partial charge in [-0.15, -0.1) is 0 Å². The second-order valence-electron chi connectivity index (χ2n) is 5.75. The van der Waals surface area contributed by atoms with Crippen LogP contribution in [0.25, 0.3) is 10.8 Å². The van der Waals surface area contributed by atoms with Crippen molar-refractivity contribution >= 4 is 22.9 Å². The predicted molar refractivity (Wildman–Crippen MR) is 101 cm³/mol. The molecule has 4 nitrogen and oxygen atoms in total. The quantitative estimate of drug-likeness (QED) is 0.549. The first kappa shape index (κ1) is 16.7. The van der Waals surface area contributed by atoms with Crippen molar-refractivity contribution in [1.82, 2.24) is 5.43 Å². The van der Waals surface area contributed by atoms with Gasteiger partial charge in [-0.05, 0) is 35.4 Å². The molecule has 1 unspecified atom stereocenters. The van der Waals surface area contributed by atoms with E-state index < -0.39 is 6.10 Å². The molecule has 0 heterocycles. The van der Waals surface area contributed by atoms with Crippen LogP contribution in [0.15, 0.2) is 77.9 Å². The summed E-state index contributed by atoms with van der Waals surface area (Å²) in [6.45, 7) is 1.71. The average molecular weight is 332 g/mol. The third-order valence-corrected chi connectivity index (χ3v) is 3.84. The van der Waals surface area contributed by atoms with Crippen LogP contribution in [-0.2, 0) is 11.2 Å². The maximum absolute atomic E-state index is 12.1. The lowest BCUT2D eigenvalue weighted by Crippen LogP contribution is -2.33. The largest absolute Gasteiger partial charge is 0.481 e. The van der Waals surface area contributed by atoms with E-state index in [4.69, 9.17) is 4.74 Å². The van der Waals surface area contributed by atoms with E-state index in [2.05, 4.69) is 10.5 Å². The molecule has 3 rings (SSSR count). The summed E-state index contributed by atoms with van der Waals surface area (Å²) in [5, 5.41) is 6.19. The van der Waals surface area contributed by atoms with Crippen LogP contribution in [0.1, 0.15) is 12.5 Å². The zero-order valence-electron chi connectivity index (χ0n) is 14.1. The molecule has 3 aromatic rings. The number of hydrazone groups is 1. The van der Waals surface area contributed by atoms with Gasteiger partial charge in [0.1, 0.15) is 5.75 Å². The maximum Gasteiger partial charge on any atom is 0.280 e. The fourth-order valence-corrected chi connectivity index (χ4v) is 2.46. The number of nitrogens with one attached hydrogen (secondary N) is 1. The number of nitrogens with zero attached hydrogens (tertiary/aromatic N) is 1. The standard InChI is InChI=1S/C21H20N2O2/c1-16(21(24)23-22-14-13-17-7-3-2-4-8-17)25-20-12-11-18-9-5-6-10-19(18)15-20/h2-12,14-16H,13H2,1H3,(H,23,24)/b22-14+. The van der Waals surface area contributed by atoms with Gasteiger partial charge in [0.15, 0.2) is 6.10 Å². The molecule has 0 saturated carbocycles.